The molecule has 0 aliphatic carbocycles. The van der Waals surface area contributed by atoms with Crippen LogP contribution in [0, 0.1) is 0 Å². The lowest BCUT2D eigenvalue weighted by molar-refractivity contribution is -0.143. The Morgan fingerprint density at radius 3 is 2.24 bits per heavy atom. The highest BCUT2D eigenvalue weighted by molar-refractivity contribution is 5.96. The van der Waals surface area contributed by atoms with Crippen molar-refractivity contribution in [1.29, 1.82) is 0 Å². The number of morpholine rings is 1. The Hall–Kier alpha value is -3.32. The average molecular weight is 544 g/mol. The van der Waals surface area contributed by atoms with E-state index in [0.717, 1.165) is 4.90 Å². The monoisotopic (exact) mass is 544 g/mol. The number of para-hydroxylation sites is 1. The predicted molar refractivity (Wildman–Crippen MR) is 125 cm³/mol. The number of urea groups is 1. The van der Waals surface area contributed by atoms with Crippen LogP contribution in [0.1, 0.15) is 28.3 Å². The third-order valence-corrected chi connectivity index (χ3v) is 6.46. The van der Waals surface area contributed by atoms with E-state index in [9.17, 15) is 35.9 Å². The molecule has 3 amide bonds. The molecule has 7 nitrogen and oxygen atoms in total. The summed E-state index contributed by atoms with van der Waals surface area (Å²) < 4.78 is 85.3. The molecule has 2 heterocycles. The SMILES string of the molecule is CN(Cc1cc(C(F)(F)F)cc(C(F)(F)F)c1)C(=O)N1CC(=O)Nc2ccccc2C1CN1CCOCC1. The first-order chi connectivity index (χ1) is 17.8. The van der Waals surface area contributed by atoms with Crippen LogP contribution < -0.4 is 5.32 Å². The van der Waals surface area contributed by atoms with Crippen molar-refractivity contribution in [1.82, 2.24) is 14.7 Å². The maximum absolute atomic E-state index is 13.6. The van der Waals surface area contributed by atoms with Crippen molar-refractivity contribution in [3.8, 4) is 0 Å². The van der Waals surface area contributed by atoms with E-state index in [1.54, 1.807) is 24.3 Å². The van der Waals surface area contributed by atoms with E-state index in [1.165, 1.54) is 11.9 Å². The largest absolute Gasteiger partial charge is 0.416 e. The van der Waals surface area contributed by atoms with E-state index in [4.69, 9.17) is 4.74 Å². The maximum Gasteiger partial charge on any atom is 0.416 e. The predicted octanol–water partition coefficient (Wildman–Crippen LogP) is 4.60. The lowest BCUT2D eigenvalue weighted by atomic mass is 10.0. The number of carbonyl (C=O) groups is 2. The molecule has 0 radical (unpaired) electrons. The van der Waals surface area contributed by atoms with Gasteiger partial charge in [0.05, 0.1) is 30.4 Å². The molecule has 2 aromatic carbocycles. The van der Waals surface area contributed by atoms with Gasteiger partial charge in [-0.15, -0.1) is 0 Å². The van der Waals surface area contributed by atoms with Gasteiger partial charge in [0.15, 0.2) is 0 Å². The Labute approximate surface area is 214 Å². The summed E-state index contributed by atoms with van der Waals surface area (Å²) in [5, 5.41) is 2.77. The molecule has 2 aliphatic rings. The van der Waals surface area contributed by atoms with Crippen molar-refractivity contribution < 1.29 is 40.7 Å². The number of nitrogens with one attached hydrogen (secondary N) is 1. The molecule has 1 unspecified atom stereocenters. The number of halogens is 6. The highest BCUT2D eigenvalue weighted by atomic mass is 19.4. The number of rotatable bonds is 4. The molecule has 1 saturated heterocycles. The van der Waals surface area contributed by atoms with E-state index >= 15 is 0 Å². The van der Waals surface area contributed by atoms with E-state index < -0.39 is 48.0 Å². The van der Waals surface area contributed by atoms with E-state index in [-0.39, 0.29) is 18.2 Å². The van der Waals surface area contributed by atoms with Crippen LogP contribution in [0.4, 0.5) is 36.8 Å². The molecular formula is C25H26F6N4O3. The van der Waals surface area contributed by atoms with Crippen LogP contribution in [0.5, 0.6) is 0 Å². The third-order valence-electron chi connectivity index (χ3n) is 6.46. The van der Waals surface area contributed by atoms with Crippen LogP contribution in [-0.2, 0) is 28.4 Å². The highest BCUT2D eigenvalue weighted by Crippen LogP contribution is 2.37. The van der Waals surface area contributed by atoms with E-state index in [1.807, 2.05) is 0 Å². The van der Waals surface area contributed by atoms with Crippen molar-refractivity contribution in [2.45, 2.75) is 24.9 Å². The van der Waals surface area contributed by atoms with Gasteiger partial charge < -0.3 is 19.9 Å². The number of alkyl halides is 6. The summed E-state index contributed by atoms with van der Waals surface area (Å²) in [6.07, 6.45) is -10.0. The van der Waals surface area contributed by atoms with Gasteiger partial charge in [0.2, 0.25) is 5.91 Å². The molecule has 38 heavy (non-hydrogen) atoms. The zero-order chi connectivity index (χ0) is 27.7. The number of hydrogen-bond acceptors (Lipinski definition) is 4. The second-order valence-corrected chi connectivity index (χ2v) is 9.24. The topological polar surface area (TPSA) is 65.1 Å². The van der Waals surface area contributed by atoms with Crippen molar-refractivity contribution in [3.63, 3.8) is 0 Å². The lowest BCUT2D eigenvalue weighted by Gasteiger charge is -2.37. The zero-order valence-corrected chi connectivity index (χ0v) is 20.4. The Morgan fingerprint density at radius 1 is 1.03 bits per heavy atom. The summed E-state index contributed by atoms with van der Waals surface area (Å²) in [5.74, 6) is -0.470. The summed E-state index contributed by atoms with van der Waals surface area (Å²) in [6.45, 7) is 1.67. The standard InChI is InChI=1S/C25H26F6N4O3/c1-33(13-16-10-17(24(26,27)28)12-18(11-16)25(29,30)31)23(37)35-15-22(36)32-20-5-3-2-4-19(20)21(35)14-34-6-8-38-9-7-34/h2-5,10-12,21H,6-9,13-15H2,1H3,(H,32,36). The summed E-state index contributed by atoms with van der Waals surface area (Å²) in [4.78, 5) is 30.7. The number of ether oxygens (including phenoxy) is 1. The number of carbonyl (C=O) groups excluding carboxylic acids is 2. The molecule has 0 spiro atoms. The quantitative estimate of drug-likeness (QED) is 0.572. The summed E-state index contributed by atoms with van der Waals surface area (Å²) in [5.41, 5.74) is -2.06. The minimum absolute atomic E-state index is 0.0414. The lowest BCUT2D eigenvalue weighted by Crippen LogP contribution is -2.49. The molecule has 2 aliphatic heterocycles. The Balaban J connectivity index is 1.65. The molecule has 13 heteroatoms. The summed E-state index contributed by atoms with van der Waals surface area (Å²) in [7, 11) is 1.27. The molecule has 2 aromatic rings. The Bertz CT molecular complexity index is 1150. The van der Waals surface area contributed by atoms with Gasteiger partial charge >= 0.3 is 18.4 Å². The van der Waals surface area contributed by atoms with Crippen LogP contribution in [0.15, 0.2) is 42.5 Å². The smallest absolute Gasteiger partial charge is 0.379 e. The van der Waals surface area contributed by atoms with E-state index in [0.29, 0.717) is 56.2 Å². The fourth-order valence-corrected chi connectivity index (χ4v) is 4.62. The number of amides is 3. The molecular weight excluding hydrogens is 518 g/mol. The minimum atomic E-state index is -5.01. The van der Waals surface area contributed by atoms with Crippen LogP contribution >= 0.6 is 0 Å². The molecule has 1 atom stereocenters. The van der Waals surface area contributed by atoms with Crippen molar-refractivity contribution in [3.05, 3.63) is 64.7 Å². The van der Waals surface area contributed by atoms with Gasteiger partial charge in [0.25, 0.3) is 0 Å². The van der Waals surface area contributed by atoms with Crippen molar-refractivity contribution in [2.75, 3.05) is 51.8 Å². The molecule has 1 fully saturated rings. The van der Waals surface area contributed by atoms with Gasteiger partial charge in [-0.05, 0) is 35.4 Å². The van der Waals surface area contributed by atoms with Gasteiger partial charge in [-0.1, -0.05) is 18.2 Å². The van der Waals surface area contributed by atoms with Gasteiger partial charge in [0, 0.05) is 38.9 Å². The fourth-order valence-electron chi connectivity index (χ4n) is 4.62. The summed E-state index contributed by atoms with van der Waals surface area (Å²) in [6, 6.07) is 6.89. The van der Waals surface area contributed by atoms with Crippen molar-refractivity contribution >= 4 is 17.6 Å². The second kappa shape index (κ2) is 10.8. The molecule has 0 aromatic heterocycles. The summed E-state index contributed by atoms with van der Waals surface area (Å²) >= 11 is 0. The highest BCUT2D eigenvalue weighted by Gasteiger charge is 2.38. The molecule has 0 saturated carbocycles. The zero-order valence-electron chi connectivity index (χ0n) is 20.4. The van der Waals surface area contributed by atoms with Crippen LogP contribution in [0.3, 0.4) is 0 Å². The normalized spacial score (nSPS) is 19.0. The first-order valence-corrected chi connectivity index (χ1v) is 11.8. The van der Waals surface area contributed by atoms with Gasteiger partial charge in [0.1, 0.15) is 6.54 Å². The van der Waals surface area contributed by atoms with Gasteiger partial charge in [-0.3, -0.25) is 9.69 Å². The molecule has 4 rings (SSSR count). The molecule has 0 bridgehead atoms. The van der Waals surface area contributed by atoms with Crippen molar-refractivity contribution in [2.24, 2.45) is 0 Å². The Morgan fingerprint density at radius 2 is 1.63 bits per heavy atom. The first-order valence-electron chi connectivity index (χ1n) is 11.8. The molecule has 1 N–H and O–H groups in total. The second-order valence-electron chi connectivity index (χ2n) is 9.24. The number of anilines is 1. The minimum Gasteiger partial charge on any atom is -0.379 e. The number of fused-ring (bicyclic) bond motifs is 1. The van der Waals surface area contributed by atoms with Crippen LogP contribution in [-0.4, -0.2) is 73.1 Å². The fraction of sp³-hybridized carbons (Fsp3) is 0.440. The number of hydrogen-bond donors (Lipinski definition) is 1. The number of benzene rings is 2. The third kappa shape index (κ3) is 6.38. The van der Waals surface area contributed by atoms with Crippen LogP contribution in [0.2, 0.25) is 0 Å². The maximum atomic E-state index is 13.6. The number of nitrogens with zero attached hydrogens (tertiary/aromatic N) is 3. The van der Waals surface area contributed by atoms with Crippen LogP contribution in [0.25, 0.3) is 0 Å². The van der Waals surface area contributed by atoms with E-state index in [2.05, 4.69) is 10.2 Å². The Kier molecular flexibility index (Phi) is 7.88. The average Bonchev–Trinajstić information content (AvgIpc) is 2.99. The molecule has 206 valence electrons. The van der Waals surface area contributed by atoms with Gasteiger partial charge in [-0.2, -0.15) is 26.3 Å². The van der Waals surface area contributed by atoms with Gasteiger partial charge in [-0.25, -0.2) is 4.79 Å². The first kappa shape index (κ1) is 27.7.